The summed E-state index contributed by atoms with van der Waals surface area (Å²) in [7, 11) is 2.70. The number of hydrogen-bond acceptors (Lipinski definition) is 7. The first-order valence-electron chi connectivity index (χ1n) is 6.02. The van der Waals surface area contributed by atoms with Gasteiger partial charge in [0.2, 0.25) is 5.91 Å². The van der Waals surface area contributed by atoms with Gasteiger partial charge in [-0.2, -0.15) is 0 Å². The molecule has 1 unspecified atom stereocenters. The molecule has 0 aliphatic carbocycles. The molecule has 1 aliphatic rings. The van der Waals surface area contributed by atoms with Gasteiger partial charge in [0.1, 0.15) is 11.9 Å². The molecule has 1 atom stereocenters. The van der Waals surface area contributed by atoms with Crippen LogP contribution in [0.2, 0.25) is 0 Å². The molecule has 1 saturated heterocycles. The lowest BCUT2D eigenvalue weighted by Gasteiger charge is -2.28. The summed E-state index contributed by atoms with van der Waals surface area (Å²) >= 11 is 0. The number of likely N-dealkylation sites (tertiary alicyclic amines) is 1. The number of carbonyl (C=O) groups excluding carboxylic acids is 3. The SMILES string of the molecule is COC(=O)c1ccc(NC2CCC(=O)N(C)C2=O)nn1. The van der Waals surface area contributed by atoms with E-state index in [1.165, 1.54) is 26.3 Å². The van der Waals surface area contributed by atoms with Crippen molar-refractivity contribution >= 4 is 23.6 Å². The lowest BCUT2D eigenvalue weighted by molar-refractivity contribution is -0.146. The number of esters is 1. The Hall–Kier alpha value is -2.51. The number of likely N-dealkylation sites (N-methyl/N-ethyl adjacent to an activating group) is 1. The number of piperidine rings is 1. The lowest BCUT2D eigenvalue weighted by Crippen LogP contribution is -2.48. The second-order valence-corrected chi connectivity index (χ2v) is 4.32. The molecule has 1 aliphatic heterocycles. The second-order valence-electron chi connectivity index (χ2n) is 4.32. The number of nitrogens with zero attached hydrogens (tertiary/aromatic N) is 3. The smallest absolute Gasteiger partial charge is 0.358 e. The summed E-state index contributed by atoms with van der Waals surface area (Å²) in [5.41, 5.74) is 0.0836. The third kappa shape index (κ3) is 2.73. The zero-order valence-electron chi connectivity index (χ0n) is 11.1. The molecule has 0 saturated carbocycles. The number of hydrogen-bond donors (Lipinski definition) is 1. The summed E-state index contributed by atoms with van der Waals surface area (Å²) in [4.78, 5) is 35.5. The molecule has 8 heteroatoms. The number of anilines is 1. The van der Waals surface area contributed by atoms with Gasteiger partial charge in [-0.3, -0.25) is 14.5 Å². The molecule has 8 nitrogen and oxygen atoms in total. The van der Waals surface area contributed by atoms with Crippen LogP contribution in [0.3, 0.4) is 0 Å². The molecule has 1 aromatic heterocycles. The monoisotopic (exact) mass is 278 g/mol. The van der Waals surface area contributed by atoms with E-state index in [4.69, 9.17) is 0 Å². The van der Waals surface area contributed by atoms with E-state index in [1.807, 2.05) is 0 Å². The molecule has 20 heavy (non-hydrogen) atoms. The Morgan fingerprint density at radius 3 is 2.75 bits per heavy atom. The predicted molar refractivity (Wildman–Crippen MR) is 67.8 cm³/mol. The van der Waals surface area contributed by atoms with Crippen molar-refractivity contribution in [1.82, 2.24) is 15.1 Å². The molecule has 0 aromatic carbocycles. The molecule has 1 aromatic rings. The van der Waals surface area contributed by atoms with Crippen molar-refractivity contribution in [3.05, 3.63) is 17.8 Å². The molecule has 106 valence electrons. The maximum Gasteiger partial charge on any atom is 0.358 e. The quantitative estimate of drug-likeness (QED) is 0.604. The third-order valence-corrected chi connectivity index (χ3v) is 3.03. The van der Waals surface area contributed by atoms with E-state index < -0.39 is 12.0 Å². The van der Waals surface area contributed by atoms with Crippen LogP contribution in [0.5, 0.6) is 0 Å². The lowest BCUT2D eigenvalue weighted by atomic mass is 10.0. The normalized spacial score (nSPS) is 18.9. The Labute approximate surface area is 115 Å². The number of amides is 2. The van der Waals surface area contributed by atoms with Crippen LogP contribution in [0.4, 0.5) is 5.82 Å². The van der Waals surface area contributed by atoms with Gasteiger partial charge in [-0.15, -0.1) is 10.2 Å². The van der Waals surface area contributed by atoms with Gasteiger partial charge >= 0.3 is 5.97 Å². The topological polar surface area (TPSA) is 101 Å². The first-order chi connectivity index (χ1) is 9.52. The fourth-order valence-corrected chi connectivity index (χ4v) is 1.85. The summed E-state index contributed by atoms with van der Waals surface area (Å²) < 4.78 is 4.51. The van der Waals surface area contributed by atoms with E-state index in [2.05, 4.69) is 20.3 Å². The van der Waals surface area contributed by atoms with Gasteiger partial charge in [0, 0.05) is 13.5 Å². The Morgan fingerprint density at radius 1 is 1.40 bits per heavy atom. The number of carbonyl (C=O) groups is 3. The highest BCUT2D eigenvalue weighted by Gasteiger charge is 2.31. The highest BCUT2D eigenvalue weighted by molar-refractivity contribution is 6.01. The highest BCUT2D eigenvalue weighted by Crippen LogP contribution is 2.15. The van der Waals surface area contributed by atoms with Crippen LogP contribution >= 0.6 is 0 Å². The van der Waals surface area contributed by atoms with E-state index in [0.717, 1.165) is 4.90 Å². The first kappa shape index (κ1) is 13.9. The van der Waals surface area contributed by atoms with Gasteiger partial charge in [-0.1, -0.05) is 0 Å². The van der Waals surface area contributed by atoms with Crippen LogP contribution in [0.25, 0.3) is 0 Å². The van der Waals surface area contributed by atoms with Gasteiger partial charge in [0.05, 0.1) is 7.11 Å². The summed E-state index contributed by atoms with van der Waals surface area (Å²) in [6.45, 7) is 0. The van der Waals surface area contributed by atoms with Crippen LogP contribution in [0, 0.1) is 0 Å². The number of ether oxygens (including phenoxy) is 1. The Bertz CT molecular complexity index is 543. The molecule has 0 spiro atoms. The summed E-state index contributed by atoms with van der Waals surface area (Å²) in [5.74, 6) is -0.720. The molecular weight excluding hydrogens is 264 g/mol. The van der Waals surface area contributed by atoms with Crippen molar-refractivity contribution in [2.75, 3.05) is 19.5 Å². The zero-order chi connectivity index (χ0) is 14.7. The molecule has 0 bridgehead atoms. The second kappa shape index (κ2) is 5.64. The summed E-state index contributed by atoms with van der Waals surface area (Å²) in [5, 5.41) is 10.4. The number of rotatable bonds is 3. The highest BCUT2D eigenvalue weighted by atomic mass is 16.5. The molecule has 1 fully saturated rings. The van der Waals surface area contributed by atoms with Crippen LogP contribution in [0.15, 0.2) is 12.1 Å². The minimum Gasteiger partial charge on any atom is -0.464 e. The molecular formula is C12H14N4O4. The molecule has 2 rings (SSSR count). The third-order valence-electron chi connectivity index (χ3n) is 3.03. The maximum atomic E-state index is 11.9. The number of methoxy groups -OCH3 is 1. The van der Waals surface area contributed by atoms with E-state index in [9.17, 15) is 14.4 Å². The minimum absolute atomic E-state index is 0.0836. The standard InChI is InChI=1S/C12H14N4O4/c1-16-10(17)6-4-7(11(16)18)13-9-5-3-8(14-15-9)12(19)20-2/h3,5,7H,4,6H2,1-2H3,(H,13,15). The Kier molecular flexibility index (Phi) is 3.92. The number of nitrogens with one attached hydrogen (secondary N) is 1. The van der Waals surface area contributed by atoms with E-state index >= 15 is 0 Å². The average Bonchev–Trinajstić information content (AvgIpc) is 2.48. The van der Waals surface area contributed by atoms with Crippen molar-refractivity contribution in [1.29, 1.82) is 0 Å². The maximum absolute atomic E-state index is 11.9. The van der Waals surface area contributed by atoms with Gasteiger partial charge in [-0.05, 0) is 18.6 Å². The van der Waals surface area contributed by atoms with Gasteiger partial charge in [-0.25, -0.2) is 4.79 Å². The number of aromatic nitrogens is 2. The molecule has 2 amide bonds. The molecule has 2 heterocycles. The van der Waals surface area contributed by atoms with Crippen LogP contribution in [-0.4, -0.2) is 53.1 Å². The molecule has 0 radical (unpaired) electrons. The predicted octanol–water partition coefficient (Wildman–Crippen LogP) is -0.178. The van der Waals surface area contributed by atoms with Gasteiger partial charge in [0.25, 0.3) is 5.91 Å². The fourth-order valence-electron chi connectivity index (χ4n) is 1.85. The largest absolute Gasteiger partial charge is 0.464 e. The Balaban J connectivity index is 2.05. The zero-order valence-corrected chi connectivity index (χ0v) is 11.1. The van der Waals surface area contributed by atoms with Crippen molar-refractivity contribution in [3.8, 4) is 0 Å². The summed E-state index contributed by atoms with van der Waals surface area (Å²) in [6.07, 6.45) is 0.704. The number of imide groups is 1. The average molecular weight is 278 g/mol. The van der Waals surface area contributed by atoms with Crippen molar-refractivity contribution in [2.45, 2.75) is 18.9 Å². The summed E-state index contributed by atoms with van der Waals surface area (Å²) in [6, 6.07) is 2.46. The van der Waals surface area contributed by atoms with Crippen LogP contribution < -0.4 is 5.32 Å². The van der Waals surface area contributed by atoms with E-state index in [-0.39, 0.29) is 17.5 Å². The van der Waals surface area contributed by atoms with Crippen molar-refractivity contribution < 1.29 is 19.1 Å². The van der Waals surface area contributed by atoms with Crippen molar-refractivity contribution in [2.24, 2.45) is 0 Å². The van der Waals surface area contributed by atoms with Crippen LogP contribution in [-0.2, 0) is 14.3 Å². The fraction of sp³-hybridized carbons (Fsp3) is 0.417. The first-order valence-corrected chi connectivity index (χ1v) is 6.02. The Morgan fingerprint density at radius 2 is 2.15 bits per heavy atom. The minimum atomic E-state index is -0.580. The van der Waals surface area contributed by atoms with Crippen molar-refractivity contribution in [3.63, 3.8) is 0 Å². The van der Waals surface area contributed by atoms with Gasteiger partial charge < -0.3 is 10.1 Å². The van der Waals surface area contributed by atoms with Gasteiger partial charge in [0.15, 0.2) is 5.69 Å². The molecule has 1 N–H and O–H groups in total. The van der Waals surface area contributed by atoms with E-state index in [0.29, 0.717) is 18.7 Å². The van der Waals surface area contributed by atoms with Crippen LogP contribution in [0.1, 0.15) is 23.3 Å². The van der Waals surface area contributed by atoms with E-state index in [1.54, 1.807) is 0 Å².